The topological polar surface area (TPSA) is 71.8 Å². The molecule has 27 heavy (non-hydrogen) atoms. The maximum atomic E-state index is 11.4. The van der Waals surface area contributed by atoms with Gasteiger partial charge in [-0.15, -0.1) is 0 Å². The number of carbonyl (C=O) groups is 1. The van der Waals surface area contributed by atoms with Crippen LogP contribution in [0.5, 0.6) is 5.75 Å². The number of ether oxygens (including phenoxy) is 1. The Morgan fingerprint density at radius 1 is 1.07 bits per heavy atom. The molecule has 1 N–H and O–H groups in total. The smallest absolute Gasteiger partial charge is 0.335 e. The van der Waals surface area contributed by atoms with Gasteiger partial charge < -0.3 is 9.84 Å². The molecule has 0 fully saturated rings. The van der Waals surface area contributed by atoms with Crippen LogP contribution in [0.2, 0.25) is 0 Å². The first-order valence-corrected chi connectivity index (χ1v) is 8.75. The van der Waals surface area contributed by atoms with Gasteiger partial charge in [0.05, 0.1) is 11.3 Å². The minimum Gasteiger partial charge on any atom is -0.488 e. The zero-order chi connectivity index (χ0) is 18.6. The lowest BCUT2D eigenvalue weighted by Gasteiger charge is -2.10. The Labute approximate surface area is 157 Å². The second-order valence-electron chi connectivity index (χ2n) is 6.26. The van der Waals surface area contributed by atoms with Crippen LogP contribution in [-0.4, -0.2) is 28.3 Å². The molecule has 2 heterocycles. The fraction of sp³-hybridized carbons (Fsp3) is 0.136. The number of carboxylic acid groups (broad SMARTS) is 1. The predicted octanol–water partition coefficient (Wildman–Crippen LogP) is 3.75. The lowest BCUT2D eigenvalue weighted by molar-refractivity contribution is 0.0697. The van der Waals surface area contributed by atoms with Gasteiger partial charge in [-0.05, 0) is 35.9 Å². The van der Waals surface area contributed by atoms with Gasteiger partial charge in [-0.25, -0.2) is 4.79 Å². The van der Waals surface area contributed by atoms with Crippen LogP contribution in [0.3, 0.4) is 0 Å². The normalized spacial score (nSPS) is 14.0. The molecule has 0 radical (unpaired) electrons. The Hall–Kier alpha value is -3.47. The maximum absolute atomic E-state index is 11.4. The van der Waals surface area contributed by atoms with E-state index in [4.69, 9.17) is 9.73 Å². The largest absolute Gasteiger partial charge is 0.488 e. The monoisotopic (exact) mass is 358 g/mol. The van der Waals surface area contributed by atoms with Crippen molar-refractivity contribution in [1.82, 2.24) is 4.98 Å². The minimum atomic E-state index is -0.969. The van der Waals surface area contributed by atoms with E-state index in [1.807, 2.05) is 42.5 Å². The third-order valence-corrected chi connectivity index (χ3v) is 4.50. The molecule has 134 valence electrons. The van der Waals surface area contributed by atoms with Gasteiger partial charge in [0.25, 0.3) is 0 Å². The lowest BCUT2D eigenvalue weighted by atomic mass is 9.96. The van der Waals surface area contributed by atoms with E-state index in [1.165, 1.54) is 0 Å². The molecule has 1 aliphatic heterocycles. The first-order valence-electron chi connectivity index (χ1n) is 8.75. The van der Waals surface area contributed by atoms with Gasteiger partial charge in [-0.1, -0.05) is 30.3 Å². The second-order valence-corrected chi connectivity index (χ2v) is 6.26. The summed E-state index contributed by atoms with van der Waals surface area (Å²) in [5.41, 5.74) is 4.66. The van der Waals surface area contributed by atoms with Crippen molar-refractivity contribution in [2.45, 2.75) is 13.0 Å². The molecule has 1 aromatic heterocycles. The molecular weight excluding hydrogens is 340 g/mol. The molecule has 3 aromatic rings. The van der Waals surface area contributed by atoms with Crippen LogP contribution in [0.15, 0.2) is 71.9 Å². The zero-order valence-corrected chi connectivity index (χ0v) is 14.6. The number of benzene rings is 2. The third kappa shape index (κ3) is 3.58. The van der Waals surface area contributed by atoms with E-state index in [2.05, 4.69) is 4.98 Å². The summed E-state index contributed by atoms with van der Waals surface area (Å²) in [7, 11) is 0. The van der Waals surface area contributed by atoms with E-state index >= 15 is 0 Å². The van der Waals surface area contributed by atoms with Gasteiger partial charge in [-0.3, -0.25) is 9.98 Å². The van der Waals surface area contributed by atoms with Crippen molar-refractivity contribution in [3.8, 4) is 5.75 Å². The van der Waals surface area contributed by atoms with Gasteiger partial charge in [0.15, 0.2) is 0 Å². The number of pyridine rings is 1. The predicted molar refractivity (Wildman–Crippen MR) is 103 cm³/mol. The number of aromatic carboxylic acids is 1. The molecule has 0 spiro atoms. The highest BCUT2D eigenvalue weighted by atomic mass is 16.5. The summed E-state index contributed by atoms with van der Waals surface area (Å²) in [4.78, 5) is 20.6. The maximum Gasteiger partial charge on any atom is 0.335 e. The van der Waals surface area contributed by atoms with Crippen LogP contribution in [0.4, 0.5) is 0 Å². The molecule has 2 aromatic carbocycles. The van der Waals surface area contributed by atoms with E-state index in [-0.39, 0.29) is 5.56 Å². The summed E-state index contributed by atoms with van der Waals surface area (Å²) in [5, 5.41) is 9.37. The summed E-state index contributed by atoms with van der Waals surface area (Å²) in [6.07, 6.45) is 2.48. The molecule has 0 saturated heterocycles. The van der Waals surface area contributed by atoms with Crippen LogP contribution < -0.4 is 4.74 Å². The van der Waals surface area contributed by atoms with E-state index in [0.717, 1.165) is 22.5 Å². The van der Waals surface area contributed by atoms with Crippen LogP contribution in [0, 0.1) is 0 Å². The van der Waals surface area contributed by atoms with Crippen LogP contribution in [-0.2, 0) is 13.0 Å². The standard InChI is InChI=1S/C22H18N2O3/c25-22(26)15-8-9-20-19(13-15)21(18-7-2-1-5-16(18)14-27-20)24-12-10-17-6-3-4-11-23-17/h1-9,11,13H,10,12,14H2,(H,25,26). The molecule has 5 nitrogen and oxygen atoms in total. The van der Waals surface area contributed by atoms with Crippen LogP contribution >= 0.6 is 0 Å². The first-order chi connectivity index (χ1) is 13.2. The number of aliphatic imine (C=N–C) groups is 1. The number of rotatable bonds is 4. The van der Waals surface area contributed by atoms with E-state index < -0.39 is 5.97 Å². The zero-order valence-electron chi connectivity index (χ0n) is 14.6. The summed E-state index contributed by atoms with van der Waals surface area (Å²) in [6.45, 7) is 0.978. The average molecular weight is 358 g/mol. The summed E-state index contributed by atoms with van der Waals surface area (Å²) >= 11 is 0. The average Bonchev–Trinajstić information content (AvgIpc) is 2.86. The highest BCUT2D eigenvalue weighted by molar-refractivity contribution is 6.16. The Bertz CT molecular complexity index is 1010. The first kappa shape index (κ1) is 17.0. The van der Waals surface area contributed by atoms with E-state index in [9.17, 15) is 9.90 Å². The SMILES string of the molecule is O=C(O)c1ccc2c(c1)C(=NCCc1ccccn1)c1ccccc1CO2. The van der Waals surface area contributed by atoms with Crippen molar-refractivity contribution in [3.63, 3.8) is 0 Å². The van der Waals surface area contributed by atoms with Gasteiger partial charge in [0, 0.05) is 36.0 Å². The Morgan fingerprint density at radius 2 is 1.93 bits per heavy atom. The molecule has 0 amide bonds. The van der Waals surface area contributed by atoms with Crippen molar-refractivity contribution >= 4 is 11.7 Å². The number of aromatic nitrogens is 1. The molecule has 0 atom stereocenters. The van der Waals surface area contributed by atoms with Gasteiger partial charge in [0.2, 0.25) is 0 Å². The summed E-state index contributed by atoms with van der Waals surface area (Å²) in [6, 6.07) is 18.7. The van der Waals surface area contributed by atoms with Gasteiger partial charge in [0.1, 0.15) is 12.4 Å². The second kappa shape index (κ2) is 7.41. The number of hydrogen-bond donors (Lipinski definition) is 1. The number of carboxylic acids is 1. The Morgan fingerprint density at radius 3 is 2.74 bits per heavy atom. The van der Waals surface area contributed by atoms with E-state index in [1.54, 1.807) is 24.4 Å². The molecule has 0 saturated carbocycles. The van der Waals surface area contributed by atoms with Crippen molar-refractivity contribution in [2.75, 3.05) is 6.54 Å². The summed E-state index contributed by atoms with van der Waals surface area (Å²) in [5.74, 6) is -0.323. The van der Waals surface area contributed by atoms with Crippen LogP contribution in [0.1, 0.15) is 32.7 Å². The molecule has 0 bridgehead atoms. The van der Waals surface area contributed by atoms with Crippen molar-refractivity contribution in [3.05, 3.63) is 94.8 Å². The highest BCUT2D eigenvalue weighted by Gasteiger charge is 2.21. The lowest BCUT2D eigenvalue weighted by Crippen LogP contribution is -2.08. The number of fused-ring (bicyclic) bond motifs is 2. The minimum absolute atomic E-state index is 0.217. The number of hydrogen-bond acceptors (Lipinski definition) is 4. The highest BCUT2D eigenvalue weighted by Crippen LogP contribution is 2.30. The van der Waals surface area contributed by atoms with Crippen molar-refractivity contribution in [1.29, 1.82) is 0 Å². The molecule has 4 rings (SSSR count). The number of nitrogens with zero attached hydrogens (tertiary/aromatic N) is 2. The fourth-order valence-electron chi connectivity index (χ4n) is 3.15. The quantitative estimate of drug-likeness (QED) is 0.771. The molecule has 0 unspecified atom stereocenters. The molecule has 1 aliphatic rings. The molecule has 5 heteroatoms. The van der Waals surface area contributed by atoms with Gasteiger partial charge >= 0.3 is 5.97 Å². The van der Waals surface area contributed by atoms with Crippen molar-refractivity contribution in [2.24, 2.45) is 4.99 Å². The molecule has 0 aliphatic carbocycles. The summed E-state index contributed by atoms with van der Waals surface area (Å²) < 4.78 is 5.92. The Balaban J connectivity index is 1.77. The van der Waals surface area contributed by atoms with Crippen molar-refractivity contribution < 1.29 is 14.6 Å². The molecular formula is C22H18N2O3. The fourth-order valence-corrected chi connectivity index (χ4v) is 3.15. The van der Waals surface area contributed by atoms with E-state index in [0.29, 0.717) is 30.9 Å². The third-order valence-electron chi connectivity index (χ3n) is 4.50. The van der Waals surface area contributed by atoms with Gasteiger partial charge in [-0.2, -0.15) is 0 Å². The Kier molecular flexibility index (Phi) is 4.66. The van der Waals surface area contributed by atoms with Crippen LogP contribution in [0.25, 0.3) is 0 Å².